The Kier molecular flexibility index (Phi) is 2.58. The molecule has 0 aromatic carbocycles. The van der Waals surface area contributed by atoms with Gasteiger partial charge in [0.15, 0.2) is 0 Å². The average molecular weight is 168 g/mol. The number of ketones is 1. The number of hydrogen-bond donors (Lipinski definition) is 0. The first kappa shape index (κ1) is 8.90. The Hall–Kier alpha value is -1.19. The molecule has 0 fully saturated rings. The molecular weight excluding hydrogens is 156 g/mol. The normalized spacial score (nSPS) is 10.7. The van der Waals surface area contributed by atoms with Gasteiger partial charge in [-0.3, -0.25) is 4.79 Å². The Balaban J connectivity index is 2.71. The molecule has 1 rings (SSSR count). The van der Waals surface area contributed by atoms with Crippen molar-refractivity contribution in [2.45, 2.75) is 27.2 Å². The van der Waals surface area contributed by atoms with Crippen LogP contribution in [0.1, 0.15) is 37.3 Å². The largest absolute Gasteiger partial charge is 0.339 e. The Labute approximate surface area is 71.0 Å². The van der Waals surface area contributed by atoms with Crippen LogP contribution in [0.25, 0.3) is 0 Å². The van der Waals surface area contributed by atoms with E-state index in [2.05, 4.69) is 24.0 Å². The summed E-state index contributed by atoms with van der Waals surface area (Å²) in [4.78, 5) is 14.7. The highest BCUT2D eigenvalue weighted by molar-refractivity contribution is 5.89. The van der Waals surface area contributed by atoms with E-state index in [9.17, 15) is 4.79 Å². The number of carbonyl (C=O) groups excluding carboxylic acids is 1. The molecule has 12 heavy (non-hydrogen) atoms. The molecule has 1 aromatic heterocycles. The molecule has 0 aliphatic heterocycles. The second-order valence-electron chi connectivity index (χ2n) is 3.17. The van der Waals surface area contributed by atoms with Crippen LogP contribution in [0.2, 0.25) is 0 Å². The van der Waals surface area contributed by atoms with Crippen LogP contribution in [0.4, 0.5) is 0 Å². The molecule has 0 unspecified atom stereocenters. The first-order valence-corrected chi connectivity index (χ1v) is 3.93. The summed E-state index contributed by atoms with van der Waals surface area (Å²) in [6, 6.07) is 0. The van der Waals surface area contributed by atoms with E-state index in [1.807, 2.05) is 0 Å². The van der Waals surface area contributed by atoms with E-state index in [1.165, 1.54) is 6.92 Å². The summed E-state index contributed by atoms with van der Waals surface area (Å²) in [6.45, 7) is 5.53. The van der Waals surface area contributed by atoms with Crippen LogP contribution in [0.15, 0.2) is 4.52 Å². The Bertz CT molecular complexity index is 278. The molecule has 1 heterocycles. The van der Waals surface area contributed by atoms with Gasteiger partial charge in [-0.15, -0.1) is 0 Å². The van der Waals surface area contributed by atoms with E-state index in [0.717, 1.165) is 6.42 Å². The summed E-state index contributed by atoms with van der Waals surface area (Å²) in [5, 5.41) is 3.53. The number of aromatic nitrogens is 2. The maximum absolute atomic E-state index is 10.8. The predicted molar refractivity (Wildman–Crippen MR) is 42.8 cm³/mol. The van der Waals surface area contributed by atoms with E-state index in [0.29, 0.717) is 11.8 Å². The molecule has 1 aromatic rings. The van der Waals surface area contributed by atoms with Gasteiger partial charge >= 0.3 is 0 Å². The molecule has 0 saturated carbocycles. The van der Waals surface area contributed by atoms with Crippen LogP contribution >= 0.6 is 0 Å². The molecular formula is C8H12N2O2. The van der Waals surface area contributed by atoms with Crippen LogP contribution in [0.5, 0.6) is 0 Å². The van der Waals surface area contributed by atoms with Gasteiger partial charge in [0.1, 0.15) is 0 Å². The lowest BCUT2D eigenvalue weighted by Gasteiger charge is -1.95. The van der Waals surface area contributed by atoms with Crippen LogP contribution < -0.4 is 0 Å². The van der Waals surface area contributed by atoms with Crippen molar-refractivity contribution in [3.8, 4) is 0 Å². The molecule has 0 aliphatic rings. The number of nitrogens with zero attached hydrogens (tertiary/aromatic N) is 2. The van der Waals surface area contributed by atoms with Crippen molar-refractivity contribution in [3.05, 3.63) is 11.7 Å². The topological polar surface area (TPSA) is 56.0 Å². The monoisotopic (exact) mass is 168 g/mol. The predicted octanol–water partition coefficient (Wildman–Crippen LogP) is 1.47. The third-order valence-electron chi connectivity index (χ3n) is 1.37. The van der Waals surface area contributed by atoms with E-state index < -0.39 is 0 Å². The van der Waals surface area contributed by atoms with Gasteiger partial charge in [-0.2, -0.15) is 4.98 Å². The van der Waals surface area contributed by atoms with Crippen molar-refractivity contribution < 1.29 is 9.32 Å². The first-order valence-electron chi connectivity index (χ1n) is 3.93. The summed E-state index contributed by atoms with van der Waals surface area (Å²) >= 11 is 0. The minimum Gasteiger partial charge on any atom is -0.339 e. The molecule has 0 bridgehead atoms. The van der Waals surface area contributed by atoms with Crippen molar-refractivity contribution in [2.75, 3.05) is 0 Å². The van der Waals surface area contributed by atoms with Crippen molar-refractivity contribution in [1.82, 2.24) is 10.1 Å². The average Bonchev–Trinajstić information content (AvgIpc) is 2.34. The van der Waals surface area contributed by atoms with Gasteiger partial charge in [0.2, 0.25) is 17.5 Å². The summed E-state index contributed by atoms with van der Waals surface area (Å²) in [7, 11) is 0. The highest BCUT2D eigenvalue weighted by atomic mass is 16.5. The van der Waals surface area contributed by atoms with Crippen LogP contribution in [-0.2, 0) is 6.42 Å². The molecule has 0 N–H and O–H groups in total. The molecule has 4 nitrogen and oxygen atoms in total. The molecule has 0 radical (unpaired) electrons. The van der Waals surface area contributed by atoms with Gasteiger partial charge < -0.3 is 4.52 Å². The molecule has 0 saturated heterocycles. The second-order valence-corrected chi connectivity index (χ2v) is 3.17. The van der Waals surface area contributed by atoms with Crippen LogP contribution in [0.3, 0.4) is 0 Å². The first-order chi connectivity index (χ1) is 5.59. The third-order valence-corrected chi connectivity index (χ3v) is 1.37. The summed E-state index contributed by atoms with van der Waals surface area (Å²) in [5.74, 6) is 1.01. The molecule has 0 aliphatic carbocycles. The second kappa shape index (κ2) is 3.47. The Morgan fingerprint density at radius 2 is 2.25 bits per heavy atom. The van der Waals surface area contributed by atoms with E-state index in [1.54, 1.807) is 0 Å². The molecule has 0 spiro atoms. The fourth-order valence-corrected chi connectivity index (χ4v) is 0.830. The Morgan fingerprint density at radius 1 is 1.58 bits per heavy atom. The van der Waals surface area contributed by atoms with Crippen molar-refractivity contribution in [3.63, 3.8) is 0 Å². The number of rotatable bonds is 3. The SMILES string of the molecule is CC(=O)c1noc(CC(C)C)n1. The zero-order valence-electron chi connectivity index (χ0n) is 7.50. The van der Waals surface area contributed by atoms with Crippen molar-refractivity contribution in [1.29, 1.82) is 0 Å². The van der Waals surface area contributed by atoms with Gasteiger partial charge in [-0.05, 0) is 5.92 Å². The molecule has 0 amide bonds. The third kappa shape index (κ3) is 2.15. The lowest BCUT2D eigenvalue weighted by molar-refractivity contribution is 0.100. The Morgan fingerprint density at radius 3 is 2.67 bits per heavy atom. The van der Waals surface area contributed by atoms with E-state index in [4.69, 9.17) is 4.52 Å². The maximum atomic E-state index is 10.8. The molecule has 4 heteroatoms. The van der Waals surface area contributed by atoms with Crippen LogP contribution in [-0.4, -0.2) is 15.9 Å². The van der Waals surface area contributed by atoms with Crippen molar-refractivity contribution in [2.24, 2.45) is 5.92 Å². The zero-order chi connectivity index (χ0) is 9.14. The molecule has 0 atom stereocenters. The lowest BCUT2D eigenvalue weighted by Crippen LogP contribution is -1.97. The van der Waals surface area contributed by atoms with Gasteiger partial charge in [0.05, 0.1) is 0 Å². The number of hydrogen-bond acceptors (Lipinski definition) is 4. The van der Waals surface area contributed by atoms with Gasteiger partial charge in [0, 0.05) is 13.3 Å². The standard InChI is InChI=1S/C8H12N2O2/c1-5(2)4-7-9-8(6(3)11)10-12-7/h5H,4H2,1-3H3. The van der Waals surface area contributed by atoms with Gasteiger partial charge in [-0.1, -0.05) is 19.0 Å². The van der Waals surface area contributed by atoms with Crippen molar-refractivity contribution >= 4 is 5.78 Å². The highest BCUT2D eigenvalue weighted by Gasteiger charge is 2.10. The summed E-state index contributed by atoms with van der Waals surface area (Å²) < 4.78 is 4.85. The summed E-state index contributed by atoms with van der Waals surface area (Å²) in [5.41, 5.74) is 0. The van der Waals surface area contributed by atoms with E-state index >= 15 is 0 Å². The number of Topliss-reactive ketones (excluding diaryl/α,β-unsaturated/α-hetero) is 1. The summed E-state index contributed by atoms with van der Waals surface area (Å²) in [6.07, 6.45) is 0.722. The fourth-order valence-electron chi connectivity index (χ4n) is 0.830. The number of carbonyl (C=O) groups is 1. The minimum absolute atomic E-state index is 0.159. The molecule has 66 valence electrons. The lowest BCUT2D eigenvalue weighted by atomic mass is 10.1. The minimum atomic E-state index is -0.159. The maximum Gasteiger partial charge on any atom is 0.238 e. The van der Waals surface area contributed by atoms with Gasteiger partial charge in [-0.25, -0.2) is 0 Å². The highest BCUT2D eigenvalue weighted by Crippen LogP contribution is 2.05. The van der Waals surface area contributed by atoms with E-state index in [-0.39, 0.29) is 11.6 Å². The zero-order valence-corrected chi connectivity index (χ0v) is 7.50. The van der Waals surface area contributed by atoms with Gasteiger partial charge in [0.25, 0.3) is 0 Å². The fraction of sp³-hybridized carbons (Fsp3) is 0.625. The smallest absolute Gasteiger partial charge is 0.238 e. The van der Waals surface area contributed by atoms with Crippen LogP contribution in [0, 0.1) is 5.92 Å². The quantitative estimate of drug-likeness (QED) is 0.641.